The number of hydrogen-bond donors (Lipinski definition) is 3. The molecule has 0 unspecified atom stereocenters. The minimum absolute atomic E-state index is 0.165. The van der Waals surface area contributed by atoms with Crippen LogP contribution in [0, 0.1) is 0 Å². The quantitative estimate of drug-likeness (QED) is 0.639. The minimum atomic E-state index is -1.37. The van der Waals surface area contributed by atoms with E-state index in [0.717, 1.165) is 11.3 Å². The fourth-order valence-corrected chi connectivity index (χ4v) is 3.12. The number of nitrogens with one attached hydrogen (secondary N) is 3. The van der Waals surface area contributed by atoms with E-state index in [1.165, 1.54) is 0 Å². The molecular weight excluding hydrogens is 380 g/mol. The largest absolute Gasteiger partial charge is 0.490 e. The Balaban J connectivity index is 1.74. The van der Waals surface area contributed by atoms with E-state index in [2.05, 4.69) is 16.0 Å². The molecule has 0 saturated carbocycles. The molecule has 0 aliphatic carbocycles. The molecule has 0 aromatic heterocycles. The number of carbonyl (C=O) groups excluding carboxylic acids is 4. The van der Waals surface area contributed by atoms with Crippen LogP contribution in [0.25, 0.3) is 0 Å². The first-order chi connectivity index (χ1) is 13.7. The highest BCUT2D eigenvalue weighted by Gasteiger charge is 2.49. The normalized spacial score (nSPS) is 20.9. The van der Waals surface area contributed by atoms with Crippen molar-refractivity contribution in [3.05, 3.63) is 23.8 Å². The van der Waals surface area contributed by atoms with Gasteiger partial charge in [0.25, 0.3) is 5.91 Å². The summed E-state index contributed by atoms with van der Waals surface area (Å²) in [5.41, 5.74) is -0.872. The zero-order chi connectivity index (χ0) is 21.2. The first-order valence-electron chi connectivity index (χ1n) is 9.35. The molecule has 1 saturated heterocycles. The number of ether oxygens (including phenoxy) is 2. The van der Waals surface area contributed by atoms with Crippen molar-refractivity contribution >= 4 is 23.9 Å². The van der Waals surface area contributed by atoms with E-state index in [1.54, 1.807) is 39.0 Å². The lowest BCUT2D eigenvalue weighted by molar-refractivity contribution is -0.134. The van der Waals surface area contributed by atoms with Crippen LogP contribution in [0.3, 0.4) is 0 Å². The average Bonchev–Trinajstić information content (AvgIpc) is 2.81. The second-order valence-electron chi connectivity index (χ2n) is 7.33. The number of hydrogen-bond acceptors (Lipinski definition) is 6. The number of nitrogens with zero attached hydrogens (tertiary/aromatic N) is 1. The zero-order valence-electron chi connectivity index (χ0n) is 16.5. The smallest absolute Gasteiger partial charge is 0.325 e. The molecule has 2 aliphatic heterocycles. The number of fused-ring (bicyclic) bond motifs is 1. The van der Waals surface area contributed by atoms with Crippen molar-refractivity contribution in [2.45, 2.75) is 38.8 Å². The number of carbonyl (C=O) groups is 4. The number of rotatable bonds is 4. The standard InChI is InChI=1S/C19H24N4O6/c1-11(2)20-17(26)21-15(24)10-23-16(25)19(3,22-18(23)27)12-5-6-13-14(9-12)29-8-4-7-28-13/h5-6,9,11H,4,7-8,10H2,1-3H3,(H,22,27)(H2,20,21,24,26)/t19-/m1/s1. The lowest BCUT2D eigenvalue weighted by Crippen LogP contribution is -2.48. The van der Waals surface area contributed by atoms with Crippen LogP contribution in [0.4, 0.5) is 9.59 Å². The molecule has 3 rings (SSSR count). The fourth-order valence-electron chi connectivity index (χ4n) is 3.12. The summed E-state index contributed by atoms with van der Waals surface area (Å²) in [5.74, 6) is -0.310. The number of amides is 6. The van der Waals surface area contributed by atoms with Gasteiger partial charge in [-0.25, -0.2) is 9.59 Å². The monoisotopic (exact) mass is 404 g/mol. The van der Waals surface area contributed by atoms with Crippen LogP contribution in [-0.4, -0.2) is 54.6 Å². The molecule has 10 nitrogen and oxygen atoms in total. The molecule has 0 radical (unpaired) electrons. The van der Waals surface area contributed by atoms with Crippen LogP contribution in [0.5, 0.6) is 11.5 Å². The van der Waals surface area contributed by atoms with Crippen molar-refractivity contribution in [1.82, 2.24) is 20.9 Å². The van der Waals surface area contributed by atoms with Gasteiger partial charge in [0.1, 0.15) is 12.1 Å². The van der Waals surface area contributed by atoms with Gasteiger partial charge in [-0.2, -0.15) is 0 Å². The molecule has 3 N–H and O–H groups in total. The summed E-state index contributed by atoms with van der Waals surface area (Å²) >= 11 is 0. The van der Waals surface area contributed by atoms with Gasteiger partial charge in [-0.1, -0.05) is 6.07 Å². The summed E-state index contributed by atoms with van der Waals surface area (Å²) in [6.07, 6.45) is 0.740. The molecule has 156 valence electrons. The third-order valence-electron chi connectivity index (χ3n) is 4.57. The highest BCUT2D eigenvalue weighted by atomic mass is 16.5. The van der Waals surface area contributed by atoms with Crippen molar-refractivity contribution in [3.8, 4) is 11.5 Å². The molecule has 2 heterocycles. The lowest BCUT2D eigenvalue weighted by atomic mass is 9.91. The maximum Gasteiger partial charge on any atom is 0.325 e. The summed E-state index contributed by atoms with van der Waals surface area (Å²) in [4.78, 5) is 49.8. The summed E-state index contributed by atoms with van der Waals surface area (Å²) in [5, 5.41) is 7.21. The van der Waals surface area contributed by atoms with Gasteiger partial charge in [-0.05, 0) is 38.5 Å². The van der Waals surface area contributed by atoms with E-state index in [9.17, 15) is 19.2 Å². The predicted molar refractivity (Wildman–Crippen MR) is 101 cm³/mol. The van der Waals surface area contributed by atoms with Gasteiger partial charge in [0.15, 0.2) is 11.5 Å². The molecule has 1 atom stereocenters. The summed E-state index contributed by atoms with van der Waals surface area (Å²) < 4.78 is 11.2. The Labute approximate surface area is 167 Å². The van der Waals surface area contributed by atoms with E-state index in [0.29, 0.717) is 30.3 Å². The topological polar surface area (TPSA) is 126 Å². The number of urea groups is 2. The zero-order valence-corrected chi connectivity index (χ0v) is 16.5. The van der Waals surface area contributed by atoms with E-state index in [-0.39, 0.29) is 6.04 Å². The van der Waals surface area contributed by atoms with Gasteiger partial charge < -0.3 is 20.1 Å². The van der Waals surface area contributed by atoms with Gasteiger partial charge in [0.2, 0.25) is 5.91 Å². The summed E-state index contributed by atoms with van der Waals surface area (Å²) in [7, 11) is 0. The Kier molecular flexibility index (Phi) is 5.62. The van der Waals surface area contributed by atoms with E-state index >= 15 is 0 Å². The van der Waals surface area contributed by atoms with E-state index < -0.39 is 36.0 Å². The van der Waals surface area contributed by atoms with Crippen molar-refractivity contribution in [1.29, 1.82) is 0 Å². The number of imide groups is 2. The van der Waals surface area contributed by atoms with Crippen molar-refractivity contribution in [2.24, 2.45) is 0 Å². The van der Waals surface area contributed by atoms with E-state index in [4.69, 9.17) is 9.47 Å². The van der Waals surface area contributed by atoms with Gasteiger partial charge in [0.05, 0.1) is 13.2 Å². The molecule has 0 spiro atoms. The SMILES string of the molecule is CC(C)NC(=O)NC(=O)CN1C(=O)N[C@](C)(c2ccc3c(c2)OCCCO3)C1=O. The van der Waals surface area contributed by atoms with Gasteiger partial charge in [0, 0.05) is 12.5 Å². The first kappa shape index (κ1) is 20.4. The number of benzene rings is 1. The molecular formula is C19H24N4O6. The molecule has 1 fully saturated rings. The van der Waals surface area contributed by atoms with Crippen LogP contribution in [0.2, 0.25) is 0 Å². The molecule has 10 heteroatoms. The van der Waals surface area contributed by atoms with Crippen LogP contribution in [-0.2, 0) is 15.1 Å². The maximum atomic E-state index is 13.0. The first-order valence-corrected chi connectivity index (χ1v) is 9.35. The summed E-state index contributed by atoms with van der Waals surface area (Å²) in [6.45, 7) is 5.47. The maximum absolute atomic E-state index is 13.0. The van der Waals surface area contributed by atoms with Crippen LogP contribution in [0.15, 0.2) is 18.2 Å². The lowest BCUT2D eigenvalue weighted by Gasteiger charge is -2.23. The molecule has 0 bridgehead atoms. The highest BCUT2D eigenvalue weighted by molar-refractivity contribution is 6.10. The van der Waals surface area contributed by atoms with Crippen molar-refractivity contribution in [2.75, 3.05) is 19.8 Å². The molecule has 2 aliphatic rings. The average molecular weight is 404 g/mol. The Morgan fingerprint density at radius 1 is 1.21 bits per heavy atom. The Morgan fingerprint density at radius 2 is 1.90 bits per heavy atom. The van der Waals surface area contributed by atoms with Crippen molar-refractivity contribution in [3.63, 3.8) is 0 Å². The van der Waals surface area contributed by atoms with Crippen molar-refractivity contribution < 1.29 is 28.7 Å². The predicted octanol–water partition coefficient (Wildman–Crippen LogP) is 0.849. The molecule has 1 aromatic carbocycles. The van der Waals surface area contributed by atoms with Gasteiger partial charge in [-0.3, -0.25) is 19.8 Å². The highest BCUT2D eigenvalue weighted by Crippen LogP contribution is 2.36. The van der Waals surface area contributed by atoms with Gasteiger partial charge >= 0.3 is 12.1 Å². The minimum Gasteiger partial charge on any atom is -0.490 e. The molecule has 1 aromatic rings. The van der Waals surface area contributed by atoms with Crippen LogP contribution >= 0.6 is 0 Å². The van der Waals surface area contributed by atoms with Gasteiger partial charge in [-0.15, -0.1) is 0 Å². The van der Waals surface area contributed by atoms with Crippen LogP contribution < -0.4 is 25.4 Å². The second-order valence-corrected chi connectivity index (χ2v) is 7.33. The molecule has 6 amide bonds. The van der Waals surface area contributed by atoms with Crippen LogP contribution in [0.1, 0.15) is 32.8 Å². The third-order valence-corrected chi connectivity index (χ3v) is 4.57. The Bertz CT molecular complexity index is 855. The third kappa shape index (κ3) is 4.25. The fraction of sp³-hybridized carbons (Fsp3) is 0.474. The van der Waals surface area contributed by atoms with E-state index in [1.807, 2.05) is 0 Å². The molecule has 29 heavy (non-hydrogen) atoms. The Morgan fingerprint density at radius 3 is 2.59 bits per heavy atom. The Hall–Kier alpha value is -3.30. The summed E-state index contributed by atoms with van der Waals surface area (Å²) in [6, 6.07) is 3.44. The second kappa shape index (κ2) is 7.98.